The monoisotopic (exact) mass is 329 g/mol. The summed E-state index contributed by atoms with van der Waals surface area (Å²) < 4.78 is 0. The van der Waals surface area contributed by atoms with Gasteiger partial charge in [-0.05, 0) is 68.9 Å². The molecule has 4 atom stereocenters. The van der Waals surface area contributed by atoms with Crippen molar-refractivity contribution >= 4 is 5.69 Å². The Morgan fingerprint density at radius 3 is 2.46 bits per heavy atom. The average Bonchev–Trinajstić information content (AvgIpc) is 2.45. The van der Waals surface area contributed by atoms with E-state index in [4.69, 9.17) is 0 Å². The van der Waals surface area contributed by atoms with Gasteiger partial charge in [0.25, 0.3) is 0 Å². The Morgan fingerprint density at radius 1 is 1.21 bits per heavy atom. The molecule has 130 valence electrons. The van der Waals surface area contributed by atoms with Crippen LogP contribution in [-0.2, 0) is 0 Å². The highest BCUT2D eigenvalue weighted by atomic mass is 16.6. The number of hydrogen-bond donors (Lipinski definition) is 1. The average molecular weight is 329 g/mol. The smallest absolute Gasteiger partial charge is 0.314 e. The Balaban J connectivity index is 2.39. The van der Waals surface area contributed by atoms with Crippen LogP contribution >= 0.6 is 0 Å². The molecule has 1 N–H and O–H groups in total. The molecular weight excluding hydrogens is 302 g/mol. The second-order valence-electron chi connectivity index (χ2n) is 7.97. The highest BCUT2D eigenvalue weighted by Gasteiger charge is 2.42. The zero-order valence-corrected chi connectivity index (χ0v) is 15.2. The molecule has 0 amide bonds. The van der Waals surface area contributed by atoms with Crippen LogP contribution in [0.4, 0.5) is 5.69 Å². The van der Waals surface area contributed by atoms with E-state index in [-0.39, 0.29) is 23.3 Å². The molecule has 0 saturated heterocycles. The maximum atomic E-state index is 11.6. The largest absolute Gasteiger partial charge is 0.502 e. The van der Waals surface area contributed by atoms with Gasteiger partial charge in [-0.2, -0.15) is 0 Å². The zero-order chi connectivity index (χ0) is 17.8. The first-order chi connectivity index (χ1) is 11.2. The predicted molar refractivity (Wildman–Crippen MR) is 95.8 cm³/mol. The summed E-state index contributed by atoms with van der Waals surface area (Å²) in [6.07, 6.45) is 5.37. The summed E-state index contributed by atoms with van der Waals surface area (Å²) >= 11 is 0. The molecule has 3 rings (SSSR count). The number of aromatic hydroxyl groups is 1. The highest BCUT2D eigenvalue weighted by molar-refractivity contribution is 5.67. The number of nitro benzene ring substituents is 1. The van der Waals surface area contributed by atoms with E-state index in [2.05, 4.69) is 33.8 Å². The van der Waals surface area contributed by atoms with Crippen LogP contribution in [0.1, 0.15) is 87.0 Å². The first-order valence-electron chi connectivity index (χ1n) is 8.92. The molecule has 0 bridgehead atoms. The van der Waals surface area contributed by atoms with Gasteiger partial charge in [-0.15, -0.1) is 0 Å². The van der Waals surface area contributed by atoms with Crippen molar-refractivity contribution in [3.63, 3.8) is 0 Å². The minimum atomic E-state index is -0.407. The predicted octanol–water partition coefficient (Wildman–Crippen LogP) is 5.68. The third kappa shape index (κ3) is 2.43. The maximum Gasteiger partial charge on any atom is 0.314 e. The Bertz CT molecular complexity index is 731. The Labute approximate surface area is 143 Å². The Kier molecular flexibility index (Phi) is 4.18. The lowest BCUT2D eigenvalue weighted by Gasteiger charge is -2.42. The first-order valence-corrected chi connectivity index (χ1v) is 8.92. The van der Waals surface area contributed by atoms with E-state index in [1.165, 1.54) is 11.1 Å². The van der Waals surface area contributed by atoms with Gasteiger partial charge in [0, 0.05) is 17.0 Å². The summed E-state index contributed by atoms with van der Waals surface area (Å²) in [4.78, 5) is 11.2. The first kappa shape index (κ1) is 17.0. The summed E-state index contributed by atoms with van der Waals surface area (Å²) in [5, 5.41) is 22.3. The lowest BCUT2D eigenvalue weighted by molar-refractivity contribution is -0.386. The van der Waals surface area contributed by atoms with E-state index < -0.39 is 4.92 Å². The quantitative estimate of drug-likeness (QED) is 0.431. The van der Waals surface area contributed by atoms with Gasteiger partial charge in [-0.1, -0.05) is 25.5 Å². The fourth-order valence-electron chi connectivity index (χ4n) is 5.03. The van der Waals surface area contributed by atoms with Crippen LogP contribution in [0, 0.1) is 23.0 Å². The molecule has 0 radical (unpaired) electrons. The lowest BCUT2D eigenvalue weighted by atomic mass is 9.62. The van der Waals surface area contributed by atoms with E-state index in [9.17, 15) is 15.2 Å². The number of nitrogens with zero attached hydrogens (tertiary/aromatic N) is 1. The molecule has 1 aromatic carbocycles. The second-order valence-corrected chi connectivity index (χ2v) is 7.97. The van der Waals surface area contributed by atoms with E-state index in [0.717, 1.165) is 30.4 Å². The minimum Gasteiger partial charge on any atom is -0.502 e. The van der Waals surface area contributed by atoms with Crippen molar-refractivity contribution in [2.24, 2.45) is 5.92 Å². The fourth-order valence-corrected chi connectivity index (χ4v) is 5.03. The molecule has 2 aliphatic rings. The number of phenols is 1. The Morgan fingerprint density at radius 2 is 1.88 bits per heavy atom. The van der Waals surface area contributed by atoms with Gasteiger partial charge in [-0.25, -0.2) is 0 Å². The van der Waals surface area contributed by atoms with Gasteiger partial charge < -0.3 is 5.11 Å². The molecule has 0 spiro atoms. The van der Waals surface area contributed by atoms with Crippen molar-refractivity contribution in [2.75, 3.05) is 0 Å². The standard InChI is InChI=1S/C20H27NO3/c1-10(2)8-14-9-12(4)15-7-6-11(3)16-18(15)17(14)13(5)19(20(16)22)21(23)24/h8,11-12,14-15,22H,6-7,9H2,1-5H3/t11-,12-,14+,15+/m0/s1. The van der Waals surface area contributed by atoms with Gasteiger partial charge in [-0.3, -0.25) is 10.1 Å². The van der Waals surface area contributed by atoms with Crippen molar-refractivity contribution in [1.82, 2.24) is 0 Å². The molecular formula is C20H27NO3. The molecule has 0 aliphatic heterocycles. The van der Waals surface area contributed by atoms with Crippen LogP contribution in [0.15, 0.2) is 11.6 Å². The normalized spacial score (nSPS) is 28.2. The van der Waals surface area contributed by atoms with Crippen LogP contribution in [0.3, 0.4) is 0 Å². The van der Waals surface area contributed by atoms with Gasteiger partial charge >= 0.3 is 5.69 Å². The third-order valence-electron chi connectivity index (χ3n) is 5.99. The van der Waals surface area contributed by atoms with E-state index >= 15 is 0 Å². The van der Waals surface area contributed by atoms with Crippen LogP contribution in [0.25, 0.3) is 0 Å². The lowest BCUT2D eigenvalue weighted by Crippen LogP contribution is -2.28. The third-order valence-corrected chi connectivity index (χ3v) is 5.99. The van der Waals surface area contributed by atoms with Gasteiger partial charge in [0.15, 0.2) is 5.75 Å². The number of allylic oxidation sites excluding steroid dienone is 2. The number of phenolic OH excluding ortho intramolecular Hbond substituents is 1. The van der Waals surface area contributed by atoms with E-state index in [1.54, 1.807) is 0 Å². The van der Waals surface area contributed by atoms with Crippen molar-refractivity contribution in [1.29, 1.82) is 0 Å². The molecule has 4 heteroatoms. The van der Waals surface area contributed by atoms with Gasteiger partial charge in [0.2, 0.25) is 0 Å². The van der Waals surface area contributed by atoms with Crippen LogP contribution in [-0.4, -0.2) is 10.0 Å². The molecule has 0 fully saturated rings. The maximum absolute atomic E-state index is 11.6. The molecule has 0 saturated carbocycles. The number of hydrogen-bond acceptors (Lipinski definition) is 3. The van der Waals surface area contributed by atoms with Gasteiger partial charge in [0.05, 0.1) is 4.92 Å². The molecule has 4 nitrogen and oxygen atoms in total. The van der Waals surface area contributed by atoms with Crippen molar-refractivity contribution < 1.29 is 10.0 Å². The SMILES string of the molecule is CC(C)=C[C@@H]1C[C@H](C)[C@H]2CC[C@H](C)c3c(O)c([N+](=O)[O-])c(C)c1c32. The molecule has 0 unspecified atom stereocenters. The molecule has 0 aromatic heterocycles. The Hall–Kier alpha value is -1.84. The number of benzene rings is 1. The van der Waals surface area contributed by atoms with Gasteiger partial charge in [0.1, 0.15) is 0 Å². The van der Waals surface area contributed by atoms with Crippen LogP contribution < -0.4 is 0 Å². The summed E-state index contributed by atoms with van der Waals surface area (Å²) in [5.74, 6) is 1.24. The summed E-state index contributed by atoms with van der Waals surface area (Å²) in [6.45, 7) is 10.3. The van der Waals surface area contributed by atoms with Crippen molar-refractivity contribution in [3.05, 3.63) is 44.0 Å². The van der Waals surface area contributed by atoms with Crippen molar-refractivity contribution in [3.8, 4) is 5.75 Å². The number of rotatable bonds is 2. The summed E-state index contributed by atoms with van der Waals surface area (Å²) in [5.41, 5.74) is 4.99. The van der Waals surface area contributed by atoms with Crippen LogP contribution in [0.2, 0.25) is 0 Å². The second kappa shape index (κ2) is 5.91. The molecule has 0 heterocycles. The molecule has 2 aliphatic carbocycles. The fraction of sp³-hybridized carbons (Fsp3) is 0.600. The summed E-state index contributed by atoms with van der Waals surface area (Å²) in [6, 6.07) is 0. The molecule has 1 aromatic rings. The summed E-state index contributed by atoms with van der Waals surface area (Å²) in [7, 11) is 0. The van der Waals surface area contributed by atoms with Crippen LogP contribution in [0.5, 0.6) is 5.75 Å². The highest BCUT2D eigenvalue weighted by Crippen LogP contribution is 2.57. The zero-order valence-electron chi connectivity index (χ0n) is 15.2. The van der Waals surface area contributed by atoms with E-state index in [0.29, 0.717) is 17.4 Å². The van der Waals surface area contributed by atoms with E-state index in [1.807, 2.05) is 6.92 Å². The van der Waals surface area contributed by atoms with Crippen molar-refractivity contribution in [2.45, 2.75) is 71.6 Å². The topological polar surface area (TPSA) is 63.4 Å². The molecule has 24 heavy (non-hydrogen) atoms. The minimum absolute atomic E-state index is 0.0847. The number of nitro groups is 1.